The Morgan fingerprint density at radius 2 is 1.86 bits per heavy atom. The van der Waals surface area contributed by atoms with Crippen LogP contribution >= 0.6 is 0 Å². The number of aromatic nitrogens is 1. The van der Waals surface area contributed by atoms with Gasteiger partial charge in [0.15, 0.2) is 11.4 Å². The first-order valence-electron chi connectivity index (χ1n) is 6.33. The first kappa shape index (κ1) is 13.1. The molecule has 0 saturated heterocycles. The summed E-state index contributed by atoms with van der Waals surface area (Å²) >= 11 is 0. The molecule has 2 N–H and O–H groups in total. The Morgan fingerprint density at radius 1 is 1.14 bits per heavy atom. The lowest BCUT2D eigenvalue weighted by atomic mass is 10.2. The number of nitrogens with zero attached hydrogens (tertiary/aromatic N) is 1. The maximum atomic E-state index is 11.5. The number of hydrogen-bond acceptors (Lipinski definition) is 3. The lowest BCUT2D eigenvalue weighted by Gasteiger charge is -2.08. The summed E-state index contributed by atoms with van der Waals surface area (Å²) in [5.74, 6) is -0.897. The molecule has 0 unspecified atom stereocenters. The molecule has 0 aliphatic heterocycles. The van der Waals surface area contributed by atoms with Crippen LogP contribution in [0, 0.1) is 0 Å². The third-order valence-electron chi connectivity index (χ3n) is 3.36. The molecule has 1 aromatic heterocycles. The third-order valence-corrected chi connectivity index (χ3v) is 3.36. The summed E-state index contributed by atoms with van der Waals surface area (Å²) < 4.78 is 6.65. The molecule has 5 nitrogen and oxygen atoms in total. The van der Waals surface area contributed by atoms with E-state index in [4.69, 9.17) is 4.74 Å². The zero-order chi connectivity index (χ0) is 15.0. The van der Waals surface area contributed by atoms with Crippen LogP contribution in [0.4, 0.5) is 0 Å². The molecular formula is C16H13NO4. The molecule has 0 radical (unpaired) electrons. The van der Waals surface area contributed by atoms with Crippen LogP contribution in [0.1, 0.15) is 10.5 Å². The van der Waals surface area contributed by atoms with E-state index in [9.17, 15) is 15.0 Å². The summed E-state index contributed by atoms with van der Waals surface area (Å²) in [7, 11) is 1.52. The summed E-state index contributed by atoms with van der Waals surface area (Å²) in [6.45, 7) is 0. The minimum Gasteiger partial charge on any atom is -0.505 e. The number of aromatic hydroxyl groups is 1. The molecule has 5 heteroatoms. The van der Waals surface area contributed by atoms with Crippen molar-refractivity contribution in [3.63, 3.8) is 0 Å². The molecule has 3 rings (SSSR count). The molecular weight excluding hydrogens is 270 g/mol. The maximum absolute atomic E-state index is 11.5. The smallest absolute Gasteiger partial charge is 0.356 e. The fraction of sp³-hybridized carbons (Fsp3) is 0.0625. The number of methoxy groups -OCH3 is 1. The highest BCUT2D eigenvalue weighted by molar-refractivity contribution is 6.02. The number of hydrogen-bond donors (Lipinski definition) is 2. The molecule has 0 aliphatic rings. The molecule has 106 valence electrons. The van der Waals surface area contributed by atoms with E-state index in [-0.39, 0.29) is 11.4 Å². The van der Waals surface area contributed by atoms with E-state index < -0.39 is 5.97 Å². The Morgan fingerprint density at radius 3 is 2.48 bits per heavy atom. The van der Waals surface area contributed by atoms with E-state index in [0.29, 0.717) is 22.3 Å². The van der Waals surface area contributed by atoms with Crippen LogP contribution in [0.25, 0.3) is 16.6 Å². The summed E-state index contributed by atoms with van der Waals surface area (Å²) in [6.07, 6.45) is 0. The van der Waals surface area contributed by atoms with E-state index in [1.807, 2.05) is 18.2 Å². The standard InChI is InChI=1S/C16H13NO4/c1-21-11-7-8-13-12(9-11)15(18)14(16(19)20)17(13)10-5-3-2-4-6-10/h2-9,18H,1H3,(H,19,20). The summed E-state index contributed by atoms with van der Waals surface area (Å²) in [5, 5.41) is 20.1. The second-order valence-corrected chi connectivity index (χ2v) is 4.56. The second-order valence-electron chi connectivity index (χ2n) is 4.56. The zero-order valence-electron chi connectivity index (χ0n) is 11.3. The molecule has 21 heavy (non-hydrogen) atoms. The van der Waals surface area contributed by atoms with Gasteiger partial charge >= 0.3 is 5.97 Å². The fourth-order valence-electron chi connectivity index (χ4n) is 2.42. The summed E-state index contributed by atoms with van der Waals surface area (Å²) in [5.41, 5.74) is 1.12. The largest absolute Gasteiger partial charge is 0.505 e. The molecule has 0 atom stereocenters. The second kappa shape index (κ2) is 4.86. The fourth-order valence-corrected chi connectivity index (χ4v) is 2.42. The van der Waals surface area contributed by atoms with Crippen LogP contribution in [0.2, 0.25) is 0 Å². The molecule has 1 heterocycles. The Hall–Kier alpha value is -2.95. The predicted octanol–water partition coefficient (Wildman–Crippen LogP) is 3.04. The van der Waals surface area contributed by atoms with Gasteiger partial charge in [0.05, 0.1) is 12.6 Å². The Balaban J connectivity index is 2.41. The quantitative estimate of drug-likeness (QED) is 0.775. The molecule has 0 fully saturated rings. The number of fused-ring (bicyclic) bond motifs is 1. The van der Waals surface area contributed by atoms with Gasteiger partial charge in [0.1, 0.15) is 5.75 Å². The van der Waals surface area contributed by atoms with Crippen molar-refractivity contribution in [2.24, 2.45) is 0 Å². The van der Waals surface area contributed by atoms with Gasteiger partial charge in [0, 0.05) is 11.1 Å². The summed E-state index contributed by atoms with van der Waals surface area (Å²) in [4.78, 5) is 11.5. The van der Waals surface area contributed by atoms with Crippen molar-refractivity contribution in [1.82, 2.24) is 4.57 Å². The Kier molecular flexibility index (Phi) is 3.02. The molecule has 2 aromatic carbocycles. The molecule has 0 spiro atoms. The van der Waals surface area contributed by atoms with Gasteiger partial charge in [-0.25, -0.2) is 4.79 Å². The van der Waals surface area contributed by atoms with E-state index in [1.54, 1.807) is 30.3 Å². The molecule has 3 aromatic rings. The van der Waals surface area contributed by atoms with Crippen LogP contribution in [-0.4, -0.2) is 27.9 Å². The SMILES string of the molecule is COc1ccc2c(c1)c(O)c(C(=O)O)n2-c1ccccc1. The monoisotopic (exact) mass is 283 g/mol. The van der Waals surface area contributed by atoms with Crippen LogP contribution in [0.15, 0.2) is 48.5 Å². The summed E-state index contributed by atoms with van der Waals surface area (Å²) in [6, 6.07) is 14.1. The van der Waals surface area contributed by atoms with E-state index in [1.165, 1.54) is 11.7 Å². The first-order valence-corrected chi connectivity index (χ1v) is 6.33. The van der Waals surface area contributed by atoms with Crippen LogP contribution in [-0.2, 0) is 0 Å². The van der Waals surface area contributed by atoms with Crippen molar-refractivity contribution < 1.29 is 19.7 Å². The average Bonchev–Trinajstić information content (AvgIpc) is 2.81. The van der Waals surface area contributed by atoms with Crippen molar-refractivity contribution in [3.8, 4) is 17.2 Å². The van der Waals surface area contributed by atoms with Crippen molar-refractivity contribution >= 4 is 16.9 Å². The van der Waals surface area contributed by atoms with Crippen molar-refractivity contribution in [2.45, 2.75) is 0 Å². The van der Waals surface area contributed by atoms with Crippen LogP contribution < -0.4 is 4.74 Å². The number of aromatic carboxylic acids is 1. The molecule has 0 aliphatic carbocycles. The lowest BCUT2D eigenvalue weighted by molar-refractivity contribution is 0.0685. The highest BCUT2D eigenvalue weighted by Crippen LogP contribution is 2.36. The van der Waals surface area contributed by atoms with E-state index >= 15 is 0 Å². The van der Waals surface area contributed by atoms with Gasteiger partial charge in [-0.2, -0.15) is 0 Å². The van der Waals surface area contributed by atoms with Crippen molar-refractivity contribution in [1.29, 1.82) is 0 Å². The normalized spacial score (nSPS) is 10.7. The van der Waals surface area contributed by atoms with Gasteiger partial charge in [-0.15, -0.1) is 0 Å². The van der Waals surface area contributed by atoms with Gasteiger partial charge in [0.25, 0.3) is 0 Å². The zero-order valence-corrected chi connectivity index (χ0v) is 11.3. The van der Waals surface area contributed by atoms with Gasteiger partial charge in [-0.05, 0) is 30.3 Å². The predicted molar refractivity (Wildman–Crippen MR) is 78.5 cm³/mol. The number of ether oxygens (including phenoxy) is 1. The Bertz CT molecular complexity index is 821. The number of carboxylic acid groups (broad SMARTS) is 1. The van der Waals surface area contributed by atoms with Gasteiger partial charge < -0.3 is 19.5 Å². The number of carbonyl (C=O) groups is 1. The number of carboxylic acids is 1. The highest BCUT2D eigenvalue weighted by atomic mass is 16.5. The molecule has 0 bridgehead atoms. The van der Waals surface area contributed by atoms with E-state index in [0.717, 1.165) is 0 Å². The number of benzene rings is 2. The minimum atomic E-state index is -1.19. The minimum absolute atomic E-state index is 0.163. The third kappa shape index (κ3) is 1.99. The van der Waals surface area contributed by atoms with Gasteiger partial charge in [-0.3, -0.25) is 0 Å². The van der Waals surface area contributed by atoms with Gasteiger partial charge in [-0.1, -0.05) is 18.2 Å². The lowest BCUT2D eigenvalue weighted by Crippen LogP contribution is -2.06. The number of rotatable bonds is 3. The topological polar surface area (TPSA) is 71.7 Å². The molecule has 0 saturated carbocycles. The van der Waals surface area contributed by atoms with Crippen LogP contribution in [0.3, 0.4) is 0 Å². The van der Waals surface area contributed by atoms with Gasteiger partial charge in [0.2, 0.25) is 0 Å². The molecule has 0 amide bonds. The first-order chi connectivity index (χ1) is 10.1. The number of para-hydroxylation sites is 1. The Labute approximate surface area is 120 Å². The van der Waals surface area contributed by atoms with Crippen molar-refractivity contribution in [2.75, 3.05) is 7.11 Å². The maximum Gasteiger partial charge on any atom is 0.356 e. The average molecular weight is 283 g/mol. The van der Waals surface area contributed by atoms with Crippen LogP contribution in [0.5, 0.6) is 11.5 Å². The highest BCUT2D eigenvalue weighted by Gasteiger charge is 2.23. The van der Waals surface area contributed by atoms with E-state index in [2.05, 4.69) is 0 Å². The van der Waals surface area contributed by atoms with Crippen molar-refractivity contribution in [3.05, 3.63) is 54.2 Å².